The number of hydrogen-bond acceptors (Lipinski definition) is 4. The largest absolute Gasteiger partial charge is 0.480 e. The minimum absolute atomic E-state index is 0.00519. The van der Waals surface area contributed by atoms with Gasteiger partial charge in [-0.2, -0.15) is 13.2 Å². The zero-order valence-corrected chi connectivity index (χ0v) is 12.1. The van der Waals surface area contributed by atoms with Gasteiger partial charge < -0.3 is 14.7 Å². The summed E-state index contributed by atoms with van der Waals surface area (Å²) < 4.78 is 44.0. The van der Waals surface area contributed by atoms with E-state index in [1.807, 2.05) is 0 Å². The van der Waals surface area contributed by atoms with Crippen LogP contribution in [-0.2, 0) is 9.53 Å². The van der Waals surface area contributed by atoms with Gasteiger partial charge in [-0.1, -0.05) is 0 Å². The van der Waals surface area contributed by atoms with Gasteiger partial charge in [0.15, 0.2) is 0 Å². The lowest BCUT2D eigenvalue weighted by Gasteiger charge is -2.41. The molecule has 0 saturated carbocycles. The second-order valence-electron chi connectivity index (χ2n) is 5.85. The van der Waals surface area contributed by atoms with Crippen LogP contribution in [0.2, 0.25) is 0 Å². The van der Waals surface area contributed by atoms with E-state index in [-0.39, 0.29) is 13.1 Å². The third-order valence-electron chi connectivity index (χ3n) is 2.86. The first-order chi connectivity index (χ1) is 9.40. The molecule has 1 aliphatic rings. The van der Waals surface area contributed by atoms with Crippen LogP contribution in [0, 0.1) is 0 Å². The molecule has 1 aliphatic heterocycles. The molecule has 1 atom stereocenters. The molecule has 1 N–H and O–H groups in total. The highest BCUT2D eigenvalue weighted by molar-refractivity contribution is 5.70. The van der Waals surface area contributed by atoms with E-state index in [1.54, 1.807) is 20.8 Å². The maximum atomic E-state index is 13.0. The molecular formula is C12H19F3N2O4. The summed E-state index contributed by atoms with van der Waals surface area (Å²) in [6.07, 6.45) is -5.44. The number of hydrogen-bond donors (Lipinski definition) is 1. The summed E-state index contributed by atoms with van der Waals surface area (Å²) in [5, 5.41) is 8.66. The molecule has 0 aromatic rings. The van der Waals surface area contributed by atoms with Crippen LogP contribution in [0.1, 0.15) is 20.8 Å². The number of rotatable bonds is 2. The van der Waals surface area contributed by atoms with Crippen molar-refractivity contribution in [3.05, 3.63) is 0 Å². The van der Waals surface area contributed by atoms with Crippen LogP contribution < -0.4 is 0 Å². The van der Waals surface area contributed by atoms with Gasteiger partial charge in [0.2, 0.25) is 0 Å². The summed E-state index contributed by atoms with van der Waals surface area (Å²) in [6, 6.07) is -2.00. The number of ether oxygens (including phenoxy) is 1. The summed E-state index contributed by atoms with van der Waals surface area (Å²) in [4.78, 5) is 24.2. The van der Waals surface area contributed by atoms with Gasteiger partial charge in [-0.15, -0.1) is 0 Å². The Balaban J connectivity index is 2.79. The molecule has 0 spiro atoms. The van der Waals surface area contributed by atoms with Crippen LogP contribution >= 0.6 is 0 Å². The van der Waals surface area contributed by atoms with Crippen LogP contribution in [0.4, 0.5) is 18.0 Å². The Bertz CT molecular complexity index is 406. The third-order valence-corrected chi connectivity index (χ3v) is 2.86. The minimum Gasteiger partial charge on any atom is -0.480 e. The van der Waals surface area contributed by atoms with Crippen molar-refractivity contribution in [1.29, 1.82) is 0 Å². The first-order valence-electron chi connectivity index (χ1n) is 6.40. The summed E-state index contributed by atoms with van der Waals surface area (Å²) in [7, 11) is 0. The molecule has 0 unspecified atom stereocenters. The molecule has 1 fully saturated rings. The Kier molecular flexibility index (Phi) is 5.08. The van der Waals surface area contributed by atoms with Crippen LogP contribution in [0.15, 0.2) is 0 Å². The molecule has 21 heavy (non-hydrogen) atoms. The second-order valence-corrected chi connectivity index (χ2v) is 5.85. The predicted octanol–water partition coefficient (Wildman–Crippen LogP) is 1.55. The number of aliphatic carboxylic acids is 1. The highest BCUT2D eigenvalue weighted by Gasteiger charge is 2.48. The third kappa shape index (κ3) is 5.41. The van der Waals surface area contributed by atoms with Crippen LogP contribution in [0.3, 0.4) is 0 Å². The molecule has 6 nitrogen and oxygen atoms in total. The van der Waals surface area contributed by atoms with E-state index in [9.17, 15) is 22.8 Å². The van der Waals surface area contributed by atoms with Gasteiger partial charge in [0.1, 0.15) is 11.6 Å². The van der Waals surface area contributed by atoms with Gasteiger partial charge >= 0.3 is 18.2 Å². The summed E-state index contributed by atoms with van der Waals surface area (Å²) in [6.45, 7) is 3.33. The van der Waals surface area contributed by atoms with Crippen molar-refractivity contribution < 1.29 is 32.6 Å². The maximum Gasteiger partial charge on any atom is 0.410 e. The molecule has 0 radical (unpaired) electrons. The lowest BCUT2D eigenvalue weighted by atomic mass is 10.1. The fourth-order valence-corrected chi connectivity index (χ4v) is 1.99. The Morgan fingerprint density at radius 1 is 1.24 bits per heavy atom. The van der Waals surface area contributed by atoms with E-state index >= 15 is 0 Å². The maximum absolute atomic E-state index is 13.0. The van der Waals surface area contributed by atoms with Gasteiger partial charge in [-0.05, 0) is 20.8 Å². The van der Waals surface area contributed by atoms with E-state index in [0.717, 1.165) is 9.80 Å². The van der Waals surface area contributed by atoms with Crippen molar-refractivity contribution >= 4 is 12.1 Å². The van der Waals surface area contributed by atoms with E-state index in [4.69, 9.17) is 9.84 Å². The van der Waals surface area contributed by atoms with Crippen molar-refractivity contribution in [2.24, 2.45) is 0 Å². The van der Waals surface area contributed by atoms with Gasteiger partial charge in [0.05, 0.1) is 6.54 Å². The van der Waals surface area contributed by atoms with Crippen molar-refractivity contribution in [3.63, 3.8) is 0 Å². The molecule has 9 heteroatoms. The number of carboxylic acid groups (broad SMARTS) is 1. The fraction of sp³-hybridized carbons (Fsp3) is 0.833. The zero-order valence-electron chi connectivity index (χ0n) is 12.1. The summed E-state index contributed by atoms with van der Waals surface area (Å²) >= 11 is 0. The van der Waals surface area contributed by atoms with E-state index in [0.29, 0.717) is 0 Å². The molecule has 0 aromatic carbocycles. The summed E-state index contributed by atoms with van der Waals surface area (Å²) in [5.41, 5.74) is -0.803. The SMILES string of the molecule is CC(C)(C)OC(=O)N1CCN(CC(=O)O)[C@H](C(F)(F)F)C1. The molecule has 1 rings (SSSR count). The van der Waals surface area contributed by atoms with E-state index < -0.39 is 43.0 Å². The lowest BCUT2D eigenvalue weighted by Crippen LogP contribution is -2.61. The zero-order chi connectivity index (χ0) is 16.4. The topological polar surface area (TPSA) is 70.1 Å². The number of alkyl halides is 3. The molecule has 0 bridgehead atoms. The van der Waals surface area contributed by atoms with E-state index in [1.165, 1.54) is 0 Å². The van der Waals surface area contributed by atoms with Gasteiger partial charge in [0, 0.05) is 19.6 Å². The van der Waals surface area contributed by atoms with E-state index in [2.05, 4.69) is 0 Å². The Morgan fingerprint density at radius 2 is 1.81 bits per heavy atom. The van der Waals surface area contributed by atoms with Gasteiger partial charge in [0.25, 0.3) is 0 Å². The fourth-order valence-electron chi connectivity index (χ4n) is 1.99. The number of piperazine rings is 1. The first kappa shape index (κ1) is 17.5. The van der Waals surface area contributed by atoms with Crippen molar-refractivity contribution in [1.82, 2.24) is 9.80 Å². The number of halogens is 3. The number of amides is 1. The number of carboxylic acids is 1. The molecule has 0 aliphatic carbocycles. The molecule has 1 heterocycles. The van der Waals surface area contributed by atoms with Crippen molar-refractivity contribution in [3.8, 4) is 0 Å². The Labute approximate surface area is 120 Å². The van der Waals surface area contributed by atoms with Crippen molar-refractivity contribution in [2.45, 2.75) is 38.6 Å². The number of carbonyl (C=O) groups excluding carboxylic acids is 1. The van der Waals surface area contributed by atoms with Crippen LogP contribution in [-0.4, -0.2) is 71.0 Å². The summed E-state index contributed by atoms with van der Waals surface area (Å²) in [5.74, 6) is -1.34. The van der Waals surface area contributed by atoms with Gasteiger partial charge in [-0.25, -0.2) is 4.79 Å². The lowest BCUT2D eigenvalue weighted by molar-refractivity contribution is -0.197. The van der Waals surface area contributed by atoms with Crippen LogP contribution in [0.5, 0.6) is 0 Å². The average Bonchev–Trinajstić information content (AvgIpc) is 2.24. The second kappa shape index (κ2) is 6.08. The highest BCUT2D eigenvalue weighted by atomic mass is 19.4. The number of carbonyl (C=O) groups is 2. The molecule has 1 saturated heterocycles. The predicted molar refractivity (Wildman–Crippen MR) is 66.9 cm³/mol. The smallest absolute Gasteiger partial charge is 0.410 e. The average molecular weight is 312 g/mol. The standard InChI is InChI=1S/C12H19F3N2O4/c1-11(2,3)21-10(20)17-5-4-16(7-9(18)19)8(6-17)12(13,14)15/h8H,4-7H2,1-3H3,(H,18,19)/t8-/m0/s1. The number of nitrogens with zero attached hydrogens (tertiary/aromatic N) is 2. The van der Waals surface area contributed by atoms with Gasteiger partial charge in [-0.3, -0.25) is 9.69 Å². The highest BCUT2D eigenvalue weighted by Crippen LogP contribution is 2.28. The normalized spacial score (nSPS) is 21.2. The first-order valence-corrected chi connectivity index (χ1v) is 6.40. The molecule has 122 valence electrons. The monoisotopic (exact) mass is 312 g/mol. The minimum atomic E-state index is -4.61. The van der Waals surface area contributed by atoms with Crippen molar-refractivity contribution in [2.75, 3.05) is 26.2 Å². The molecule has 0 aromatic heterocycles. The molecular weight excluding hydrogens is 293 g/mol. The van der Waals surface area contributed by atoms with Crippen LogP contribution in [0.25, 0.3) is 0 Å². The Hall–Kier alpha value is -1.51. The Morgan fingerprint density at radius 3 is 2.24 bits per heavy atom. The quantitative estimate of drug-likeness (QED) is 0.838. The molecule has 1 amide bonds.